The minimum absolute atomic E-state index is 0.0231. The van der Waals surface area contributed by atoms with Gasteiger partial charge in [0, 0.05) is 23.1 Å². The fourth-order valence-electron chi connectivity index (χ4n) is 3.58. The van der Waals surface area contributed by atoms with E-state index in [-0.39, 0.29) is 30.6 Å². The van der Waals surface area contributed by atoms with Gasteiger partial charge in [-0.3, -0.25) is 0 Å². The molecule has 1 amide bonds. The van der Waals surface area contributed by atoms with Crippen LogP contribution in [0.5, 0.6) is 5.75 Å². The highest BCUT2D eigenvalue weighted by molar-refractivity contribution is 7.86. The second-order valence-corrected chi connectivity index (χ2v) is 9.84. The Labute approximate surface area is 222 Å². The molecular weight excluding hydrogens is 510 g/mol. The lowest BCUT2D eigenvalue weighted by molar-refractivity contribution is 0.164. The number of anilines is 2. The first-order valence-corrected chi connectivity index (χ1v) is 13.5. The number of aromatic nitrogens is 2. The Bertz CT molecular complexity index is 1450. The van der Waals surface area contributed by atoms with Gasteiger partial charge < -0.3 is 14.8 Å². The summed E-state index contributed by atoms with van der Waals surface area (Å²) in [5, 5.41) is 3.08. The monoisotopic (exact) mass is 536 g/mol. The number of carbonyl (C=O) groups is 1. The molecule has 196 valence electrons. The number of rotatable bonds is 9. The van der Waals surface area contributed by atoms with E-state index in [0.29, 0.717) is 17.0 Å². The third kappa shape index (κ3) is 7.42. The number of nitrogens with zero attached hydrogens (tertiary/aromatic N) is 3. The number of halogens is 2. The van der Waals surface area contributed by atoms with Gasteiger partial charge in [-0.25, -0.2) is 23.5 Å². The number of benzene rings is 3. The Morgan fingerprint density at radius 3 is 2.61 bits per heavy atom. The summed E-state index contributed by atoms with van der Waals surface area (Å²) in [6, 6.07) is 20.7. The topological polar surface area (TPSA) is 85.7 Å². The molecular formula is C28H26F2N4O3S. The minimum Gasteiger partial charge on any atom is -0.488 e. The van der Waals surface area contributed by atoms with Crippen LogP contribution >= 0.6 is 0 Å². The molecule has 0 aliphatic carbocycles. The summed E-state index contributed by atoms with van der Waals surface area (Å²) in [7, 11) is -0.562. The van der Waals surface area contributed by atoms with E-state index in [2.05, 4.69) is 19.6 Å². The smallest absolute Gasteiger partial charge is 0.439 e. The van der Waals surface area contributed by atoms with Crippen LogP contribution in [-0.4, -0.2) is 28.9 Å². The molecule has 0 aliphatic rings. The largest absolute Gasteiger partial charge is 0.488 e. The summed E-state index contributed by atoms with van der Waals surface area (Å²) in [6.45, 7) is 2.19. The predicted molar refractivity (Wildman–Crippen MR) is 144 cm³/mol. The second-order valence-electron chi connectivity index (χ2n) is 8.17. The Hall–Kier alpha value is -4.18. The van der Waals surface area contributed by atoms with E-state index < -0.39 is 28.4 Å². The van der Waals surface area contributed by atoms with Crippen molar-refractivity contribution in [3.8, 4) is 17.0 Å². The predicted octanol–water partition coefficient (Wildman–Crippen LogP) is 6.83. The molecule has 3 aromatic carbocycles. The molecule has 1 atom stereocenters. The lowest BCUT2D eigenvalue weighted by atomic mass is 10.1. The first-order chi connectivity index (χ1) is 18.4. The van der Waals surface area contributed by atoms with Crippen molar-refractivity contribution < 1.29 is 23.0 Å². The summed E-state index contributed by atoms with van der Waals surface area (Å²) < 4.78 is 43.6. The average molecular weight is 537 g/mol. The number of nitrogens with one attached hydrogen (secondary N) is 1. The summed E-state index contributed by atoms with van der Waals surface area (Å²) in [4.78, 5) is 20.0. The Morgan fingerprint density at radius 1 is 1.03 bits per heavy atom. The molecule has 1 unspecified atom stereocenters. The molecule has 0 aliphatic heterocycles. The first kappa shape index (κ1) is 26.9. The summed E-state index contributed by atoms with van der Waals surface area (Å²) in [6.07, 6.45) is 2.33. The molecule has 0 saturated heterocycles. The normalized spacial score (nSPS) is 11.7. The third-order valence-electron chi connectivity index (χ3n) is 5.24. The van der Waals surface area contributed by atoms with Crippen LogP contribution in [0.15, 0.2) is 83.4 Å². The van der Waals surface area contributed by atoms with Gasteiger partial charge >= 0.3 is 6.09 Å². The molecule has 0 bridgehead atoms. The minimum atomic E-state index is -0.670. The molecule has 0 fully saturated rings. The van der Waals surface area contributed by atoms with Crippen molar-refractivity contribution in [2.45, 2.75) is 19.3 Å². The highest BCUT2D eigenvalue weighted by Gasteiger charge is 2.16. The summed E-state index contributed by atoms with van der Waals surface area (Å²) >= 11 is 0. The highest BCUT2D eigenvalue weighted by Crippen LogP contribution is 2.32. The molecule has 0 saturated carbocycles. The van der Waals surface area contributed by atoms with Crippen LogP contribution in [0.4, 0.5) is 25.2 Å². The van der Waals surface area contributed by atoms with Crippen molar-refractivity contribution in [2.75, 3.05) is 18.2 Å². The van der Waals surface area contributed by atoms with Crippen LogP contribution in [0.1, 0.15) is 18.1 Å². The van der Waals surface area contributed by atoms with Gasteiger partial charge in [0.15, 0.2) is 5.82 Å². The Balaban J connectivity index is 1.55. The van der Waals surface area contributed by atoms with E-state index in [9.17, 15) is 13.6 Å². The molecule has 10 heteroatoms. The van der Waals surface area contributed by atoms with Crippen molar-refractivity contribution >= 4 is 28.4 Å². The average Bonchev–Trinajstić information content (AvgIpc) is 2.90. The Kier molecular flexibility index (Phi) is 9.10. The number of ether oxygens (including phenoxy) is 2. The van der Waals surface area contributed by atoms with E-state index in [0.717, 1.165) is 17.3 Å². The van der Waals surface area contributed by atoms with Crippen LogP contribution in [0.2, 0.25) is 0 Å². The quantitative estimate of drug-likeness (QED) is 0.252. The van der Waals surface area contributed by atoms with Crippen LogP contribution < -0.4 is 10.1 Å². The fourth-order valence-corrected chi connectivity index (χ4v) is 4.61. The molecule has 0 radical (unpaired) electrons. The van der Waals surface area contributed by atoms with E-state index in [1.54, 1.807) is 6.92 Å². The Morgan fingerprint density at radius 2 is 1.82 bits per heavy atom. The van der Waals surface area contributed by atoms with E-state index >= 15 is 0 Å². The maximum absolute atomic E-state index is 14.9. The molecule has 38 heavy (non-hydrogen) atoms. The van der Waals surface area contributed by atoms with Crippen LogP contribution in [0.3, 0.4) is 0 Å². The lowest BCUT2D eigenvalue weighted by Crippen LogP contribution is -2.04. The van der Waals surface area contributed by atoms with Crippen molar-refractivity contribution in [1.29, 1.82) is 0 Å². The van der Waals surface area contributed by atoms with Gasteiger partial charge in [0.25, 0.3) is 0 Å². The van der Waals surface area contributed by atoms with Gasteiger partial charge in [-0.2, -0.15) is 4.36 Å². The van der Waals surface area contributed by atoms with Crippen molar-refractivity contribution in [3.05, 3.63) is 102 Å². The highest BCUT2D eigenvalue weighted by atomic mass is 32.2. The van der Waals surface area contributed by atoms with Gasteiger partial charge in [-0.1, -0.05) is 53.2 Å². The van der Waals surface area contributed by atoms with E-state index in [1.807, 2.05) is 60.9 Å². The van der Waals surface area contributed by atoms with Gasteiger partial charge in [-0.15, -0.1) is 0 Å². The fraction of sp³-hybridized carbons (Fsp3) is 0.179. The number of carbonyl (C=O) groups excluding carboxylic acids is 1. The number of hydrogen-bond acceptors (Lipinski definition) is 6. The van der Waals surface area contributed by atoms with Crippen molar-refractivity contribution in [3.63, 3.8) is 0 Å². The van der Waals surface area contributed by atoms with Gasteiger partial charge in [0.05, 0.1) is 12.8 Å². The van der Waals surface area contributed by atoms with Gasteiger partial charge in [-0.05, 0) is 48.6 Å². The maximum atomic E-state index is 14.9. The zero-order valence-electron chi connectivity index (χ0n) is 20.9. The van der Waals surface area contributed by atoms with Crippen LogP contribution in [-0.2, 0) is 27.8 Å². The summed E-state index contributed by atoms with van der Waals surface area (Å²) in [5.74, 6) is -0.313. The van der Waals surface area contributed by atoms with Crippen LogP contribution in [0.25, 0.3) is 11.3 Å². The SMILES string of the molecule is CCOC(=O)/N=S(\C)Cc1cccc(Nc2ncc(F)c(-c3ccc(F)cc3OCc3ccccc3)n2)c1. The van der Waals surface area contributed by atoms with Crippen molar-refractivity contribution in [1.82, 2.24) is 9.97 Å². The zero-order chi connectivity index (χ0) is 26.9. The maximum Gasteiger partial charge on any atom is 0.439 e. The molecule has 0 spiro atoms. The molecule has 4 rings (SSSR count). The lowest BCUT2D eigenvalue weighted by Gasteiger charge is -2.13. The van der Waals surface area contributed by atoms with Gasteiger partial charge in [0.1, 0.15) is 23.9 Å². The van der Waals surface area contributed by atoms with E-state index in [4.69, 9.17) is 9.47 Å². The molecule has 1 aromatic heterocycles. The summed E-state index contributed by atoms with van der Waals surface area (Å²) in [5.41, 5.74) is 2.77. The standard InChI is InChI=1S/C28H26F2N4O3S/c1-3-36-28(35)34-38(2)18-20-10-7-11-22(14-20)32-27-31-16-24(30)26(33-27)23-13-12-21(29)15-25(23)37-17-19-8-5-4-6-9-19/h4-16H,3,17-18H2,1-2H3,(H,31,32,33). The third-order valence-corrected chi connectivity index (χ3v) is 6.45. The molecule has 1 N–H and O–H groups in total. The number of amides is 1. The molecule has 7 nitrogen and oxygen atoms in total. The van der Waals surface area contributed by atoms with Crippen molar-refractivity contribution in [2.24, 2.45) is 4.36 Å². The van der Waals surface area contributed by atoms with E-state index in [1.165, 1.54) is 18.2 Å². The molecule has 4 aromatic rings. The molecule has 1 heterocycles. The first-order valence-electron chi connectivity index (χ1n) is 11.8. The second kappa shape index (κ2) is 12.9. The zero-order valence-corrected chi connectivity index (χ0v) is 21.7. The number of hydrogen-bond donors (Lipinski definition) is 1. The van der Waals surface area contributed by atoms with Gasteiger partial charge in [0.2, 0.25) is 5.95 Å². The van der Waals surface area contributed by atoms with Crippen LogP contribution in [0, 0.1) is 11.6 Å².